The summed E-state index contributed by atoms with van der Waals surface area (Å²) >= 11 is 3.43. The van der Waals surface area contributed by atoms with E-state index in [0.29, 0.717) is 6.04 Å². The average molecular weight is 203 g/mol. The van der Waals surface area contributed by atoms with Crippen LogP contribution in [0.4, 0.5) is 5.13 Å². The maximum absolute atomic E-state index is 3.99. The fourth-order valence-corrected chi connectivity index (χ4v) is 2.14. The fourth-order valence-electron chi connectivity index (χ4n) is 0.857. The zero-order valence-corrected chi connectivity index (χ0v) is 9.13. The van der Waals surface area contributed by atoms with Crippen LogP contribution in [-0.4, -0.2) is 28.2 Å². The number of aromatic nitrogens is 2. The molecule has 1 unspecified atom stereocenters. The number of aryl methyl sites for hydroxylation is 1. The molecule has 0 saturated heterocycles. The van der Waals surface area contributed by atoms with Gasteiger partial charge in [0.25, 0.3) is 0 Å². The molecule has 0 saturated carbocycles. The molecule has 5 heteroatoms. The first-order valence-corrected chi connectivity index (χ1v) is 5.99. The highest BCUT2D eigenvalue weighted by Gasteiger charge is 2.03. The Balaban J connectivity index is 2.41. The summed E-state index contributed by atoms with van der Waals surface area (Å²) in [4.78, 5) is 0. The number of rotatable bonds is 4. The molecule has 0 amide bonds. The largest absolute Gasteiger partial charge is 0.357 e. The quantitative estimate of drug-likeness (QED) is 0.812. The molecule has 1 N–H and O–H groups in total. The first-order valence-electron chi connectivity index (χ1n) is 3.78. The van der Waals surface area contributed by atoms with Crippen LogP contribution in [0.15, 0.2) is 0 Å². The Hall–Kier alpha value is -0.290. The molecule has 1 aromatic rings. The third-order valence-corrected chi connectivity index (χ3v) is 2.92. The standard InChI is InChI=1S/C7H13N3S2/c1-5(4-11-3)8-7-10-9-6(2)12-7/h5H,4H2,1-3H3,(H,8,10). The molecule has 0 radical (unpaired) electrons. The minimum atomic E-state index is 0.465. The van der Waals surface area contributed by atoms with Crippen molar-refractivity contribution in [1.82, 2.24) is 10.2 Å². The van der Waals surface area contributed by atoms with Crippen molar-refractivity contribution in [2.24, 2.45) is 0 Å². The van der Waals surface area contributed by atoms with Crippen molar-refractivity contribution in [2.75, 3.05) is 17.3 Å². The van der Waals surface area contributed by atoms with Crippen molar-refractivity contribution in [3.05, 3.63) is 5.01 Å². The molecule has 1 rings (SSSR count). The fraction of sp³-hybridized carbons (Fsp3) is 0.714. The highest BCUT2D eigenvalue weighted by molar-refractivity contribution is 7.98. The third kappa shape index (κ3) is 2.98. The van der Waals surface area contributed by atoms with Gasteiger partial charge in [0.2, 0.25) is 5.13 Å². The summed E-state index contributed by atoms with van der Waals surface area (Å²) in [6.45, 7) is 4.11. The predicted octanol–water partition coefficient (Wildman–Crippen LogP) is 2.01. The molecule has 0 aliphatic heterocycles. The van der Waals surface area contributed by atoms with Crippen molar-refractivity contribution in [2.45, 2.75) is 19.9 Å². The van der Waals surface area contributed by atoms with Crippen LogP contribution in [-0.2, 0) is 0 Å². The van der Waals surface area contributed by atoms with Gasteiger partial charge in [-0.2, -0.15) is 11.8 Å². The van der Waals surface area contributed by atoms with Crippen LogP contribution < -0.4 is 5.32 Å². The molecular weight excluding hydrogens is 190 g/mol. The van der Waals surface area contributed by atoms with E-state index in [1.54, 1.807) is 11.3 Å². The molecule has 68 valence electrons. The monoisotopic (exact) mass is 203 g/mol. The van der Waals surface area contributed by atoms with E-state index in [4.69, 9.17) is 0 Å². The normalized spacial score (nSPS) is 12.9. The molecule has 1 aromatic heterocycles. The van der Waals surface area contributed by atoms with E-state index in [0.717, 1.165) is 15.9 Å². The highest BCUT2D eigenvalue weighted by atomic mass is 32.2. The van der Waals surface area contributed by atoms with Gasteiger partial charge < -0.3 is 5.32 Å². The van der Waals surface area contributed by atoms with Crippen LogP contribution in [0.25, 0.3) is 0 Å². The van der Waals surface area contributed by atoms with Gasteiger partial charge in [-0.1, -0.05) is 11.3 Å². The highest BCUT2D eigenvalue weighted by Crippen LogP contribution is 2.15. The van der Waals surface area contributed by atoms with Crippen LogP contribution in [0.3, 0.4) is 0 Å². The minimum absolute atomic E-state index is 0.465. The van der Waals surface area contributed by atoms with Crippen molar-refractivity contribution in [3.8, 4) is 0 Å². The van der Waals surface area contributed by atoms with Crippen molar-refractivity contribution in [3.63, 3.8) is 0 Å². The Bertz CT molecular complexity index is 236. The summed E-state index contributed by atoms with van der Waals surface area (Å²) in [6, 6.07) is 0.465. The number of nitrogens with one attached hydrogen (secondary N) is 1. The number of anilines is 1. The SMILES string of the molecule is CSCC(C)Nc1nnc(C)s1. The maximum Gasteiger partial charge on any atom is 0.205 e. The van der Waals surface area contributed by atoms with Crippen LogP contribution in [0, 0.1) is 6.92 Å². The number of thioether (sulfide) groups is 1. The van der Waals surface area contributed by atoms with E-state index in [9.17, 15) is 0 Å². The molecule has 0 aliphatic carbocycles. The van der Waals surface area contributed by atoms with Crippen LogP contribution >= 0.6 is 23.1 Å². The van der Waals surface area contributed by atoms with Crippen LogP contribution in [0.5, 0.6) is 0 Å². The van der Waals surface area contributed by atoms with Gasteiger partial charge in [-0.05, 0) is 20.1 Å². The van der Waals surface area contributed by atoms with E-state index >= 15 is 0 Å². The molecule has 1 atom stereocenters. The van der Waals surface area contributed by atoms with E-state index < -0.39 is 0 Å². The Kier molecular flexibility index (Phi) is 3.81. The Morgan fingerprint density at radius 3 is 2.83 bits per heavy atom. The van der Waals surface area contributed by atoms with Gasteiger partial charge in [0.1, 0.15) is 5.01 Å². The maximum atomic E-state index is 3.99. The number of hydrogen-bond acceptors (Lipinski definition) is 5. The van der Waals surface area contributed by atoms with E-state index in [1.165, 1.54) is 0 Å². The summed E-state index contributed by atoms with van der Waals surface area (Å²) in [5, 5.41) is 13.1. The minimum Gasteiger partial charge on any atom is -0.357 e. The van der Waals surface area contributed by atoms with Crippen LogP contribution in [0.1, 0.15) is 11.9 Å². The summed E-state index contributed by atoms with van der Waals surface area (Å²) < 4.78 is 0. The molecule has 0 aromatic carbocycles. The average Bonchev–Trinajstić information content (AvgIpc) is 2.36. The lowest BCUT2D eigenvalue weighted by Gasteiger charge is -2.09. The second-order valence-corrected chi connectivity index (χ2v) is 4.72. The lowest BCUT2D eigenvalue weighted by atomic mass is 10.4. The summed E-state index contributed by atoms with van der Waals surface area (Å²) in [5.74, 6) is 1.10. The van der Waals surface area contributed by atoms with Gasteiger partial charge in [-0.3, -0.25) is 0 Å². The van der Waals surface area contributed by atoms with Gasteiger partial charge in [0.05, 0.1) is 0 Å². The molecule has 0 aliphatic rings. The molecule has 1 heterocycles. The van der Waals surface area contributed by atoms with E-state index in [1.807, 2.05) is 18.7 Å². The summed E-state index contributed by atoms with van der Waals surface area (Å²) in [7, 11) is 0. The van der Waals surface area contributed by atoms with E-state index in [2.05, 4.69) is 28.7 Å². The molecule has 0 fully saturated rings. The lowest BCUT2D eigenvalue weighted by Crippen LogP contribution is -2.17. The second-order valence-electron chi connectivity index (χ2n) is 2.63. The topological polar surface area (TPSA) is 37.8 Å². The van der Waals surface area contributed by atoms with Gasteiger partial charge in [0.15, 0.2) is 0 Å². The third-order valence-electron chi connectivity index (χ3n) is 1.31. The molecule has 0 spiro atoms. The van der Waals surface area contributed by atoms with Gasteiger partial charge in [-0.15, -0.1) is 10.2 Å². The Labute approximate surface area is 81.0 Å². The van der Waals surface area contributed by atoms with Gasteiger partial charge >= 0.3 is 0 Å². The summed E-state index contributed by atoms with van der Waals surface area (Å²) in [5.41, 5.74) is 0. The molecule has 3 nitrogen and oxygen atoms in total. The van der Waals surface area contributed by atoms with Crippen LogP contribution in [0.2, 0.25) is 0 Å². The van der Waals surface area contributed by atoms with E-state index in [-0.39, 0.29) is 0 Å². The smallest absolute Gasteiger partial charge is 0.205 e. The number of nitrogens with zero attached hydrogens (tertiary/aromatic N) is 2. The Morgan fingerprint density at radius 2 is 2.33 bits per heavy atom. The first-order chi connectivity index (χ1) is 5.72. The molecule has 0 bridgehead atoms. The van der Waals surface area contributed by atoms with Crippen molar-refractivity contribution in [1.29, 1.82) is 0 Å². The zero-order chi connectivity index (χ0) is 8.97. The summed E-state index contributed by atoms with van der Waals surface area (Å²) in [6.07, 6.45) is 2.10. The first kappa shape index (κ1) is 9.80. The van der Waals surface area contributed by atoms with Gasteiger partial charge in [-0.25, -0.2) is 0 Å². The number of hydrogen-bond donors (Lipinski definition) is 1. The predicted molar refractivity (Wildman–Crippen MR) is 56.1 cm³/mol. The Morgan fingerprint density at radius 1 is 1.58 bits per heavy atom. The molecular formula is C7H13N3S2. The van der Waals surface area contributed by atoms with Gasteiger partial charge in [0, 0.05) is 11.8 Å². The molecule has 12 heavy (non-hydrogen) atoms. The second kappa shape index (κ2) is 4.67. The van der Waals surface area contributed by atoms with Crippen molar-refractivity contribution >= 4 is 28.2 Å². The lowest BCUT2D eigenvalue weighted by molar-refractivity contribution is 0.899. The zero-order valence-electron chi connectivity index (χ0n) is 7.50. The van der Waals surface area contributed by atoms with Crippen molar-refractivity contribution < 1.29 is 0 Å².